The molecule has 0 aliphatic carbocycles. The van der Waals surface area contributed by atoms with Gasteiger partial charge >= 0.3 is 0 Å². The van der Waals surface area contributed by atoms with Crippen molar-refractivity contribution < 1.29 is 4.84 Å². The predicted octanol–water partition coefficient (Wildman–Crippen LogP) is 0.966. The minimum atomic E-state index is 0.891. The van der Waals surface area contributed by atoms with E-state index in [9.17, 15) is 0 Å². The van der Waals surface area contributed by atoms with Crippen LogP contribution in [0.15, 0.2) is 4.99 Å². The molecule has 0 bridgehead atoms. The van der Waals surface area contributed by atoms with Crippen LogP contribution in [-0.2, 0) is 4.84 Å². The van der Waals surface area contributed by atoms with Gasteiger partial charge in [-0.15, -0.1) is 0 Å². The van der Waals surface area contributed by atoms with Crippen LogP contribution < -0.4 is 5.48 Å². The molecular weight excluding hydrogens is 116 g/mol. The van der Waals surface area contributed by atoms with Gasteiger partial charge in [0.2, 0.25) is 0 Å². The van der Waals surface area contributed by atoms with Crippen molar-refractivity contribution in [2.24, 2.45) is 4.99 Å². The van der Waals surface area contributed by atoms with Crippen molar-refractivity contribution in [2.75, 3.05) is 13.6 Å². The number of rotatable bonds is 5. The fourth-order valence-corrected chi connectivity index (χ4v) is 0.398. The predicted molar refractivity (Wildman–Crippen MR) is 38.4 cm³/mol. The van der Waals surface area contributed by atoms with Crippen molar-refractivity contribution in [2.45, 2.75) is 19.8 Å². The molecular formula is C6H14N2O. The zero-order valence-corrected chi connectivity index (χ0v) is 6.05. The van der Waals surface area contributed by atoms with Crippen molar-refractivity contribution in [3.63, 3.8) is 0 Å². The summed E-state index contributed by atoms with van der Waals surface area (Å²) in [6.07, 6.45) is 3.70. The van der Waals surface area contributed by atoms with Crippen molar-refractivity contribution in [3.05, 3.63) is 0 Å². The molecule has 0 spiro atoms. The molecule has 1 N–H and O–H groups in total. The zero-order chi connectivity index (χ0) is 6.95. The maximum absolute atomic E-state index is 4.74. The first kappa shape index (κ1) is 8.43. The Morgan fingerprint density at radius 1 is 1.67 bits per heavy atom. The highest BCUT2D eigenvalue weighted by atomic mass is 16.6. The molecule has 3 heteroatoms. The maximum Gasteiger partial charge on any atom is 0.196 e. The molecule has 54 valence electrons. The van der Waals surface area contributed by atoms with Gasteiger partial charge in [0.25, 0.3) is 0 Å². The largest absolute Gasteiger partial charge is 0.397 e. The van der Waals surface area contributed by atoms with Gasteiger partial charge in [-0.05, 0) is 6.42 Å². The molecule has 0 atom stereocenters. The van der Waals surface area contributed by atoms with Crippen LogP contribution in [0.5, 0.6) is 0 Å². The lowest BCUT2D eigenvalue weighted by Gasteiger charge is -1.98. The second-order valence-electron chi connectivity index (χ2n) is 1.73. The second kappa shape index (κ2) is 7.43. The van der Waals surface area contributed by atoms with Crippen LogP contribution in [0.2, 0.25) is 0 Å². The van der Waals surface area contributed by atoms with E-state index in [0.717, 1.165) is 13.0 Å². The summed E-state index contributed by atoms with van der Waals surface area (Å²) in [4.78, 5) is 8.37. The van der Waals surface area contributed by atoms with Crippen molar-refractivity contribution in [1.82, 2.24) is 5.48 Å². The summed E-state index contributed by atoms with van der Waals surface area (Å²) < 4.78 is 0. The average molecular weight is 130 g/mol. The van der Waals surface area contributed by atoms with Gasteiger partial charge in [-0.25, -0.2) is 0 Å². The van der Waals surface area contributed by atoms with Gasteiger partial charge in [-0.2, -0.15) is 5.48 Å². The Morgan fingerprint density at radius 3 is 3.00 bits per heavy atom. The van der Waals surface area contributed by atoms with Crippen LogP contribution in [0.1, 0.15) is 19.8 Å². The van der Waals surface area contributed by atoms with E-state index in [1.165, 1.54) is 12.8 Å². The topological polar surface area (TPSA) is 33.6 Å². The third kappa shape index (κ3) is 7.43. The number of hydroxylamine groups is 1. The molecule has 0 aliphatic rings. The lowest BCUT2D eigenvalue weighted by molar-refractivity contribution is 0.191. The molecule has 9 heavy (non-hydrogen) atoms. The average Bonchev–Trinajstić information content (AvgIpc) is 1.89. The molecule has 0 saturated carbocycles. The Bertz CT molecular complexity index is 73.5. The van der Waals surface area contributed by atoms with Gasteiger partial charge in [0.15, 0.2) is 6.40 Å². The molecule has 0 saturated heterocycles. The van der Waals surface area contributed by atoms with Crippen molar-refractivity contribution in [1.29, 1.82) is 0 Å². The van der Waals surface area contributed by atoms with Crippen LogP contribution in [0.3, 0.4) is 0 Å². The number of hydrogen-bond acceptors (Lipinski definition) is 3. The van der Waals surface area contributed by atoms with Gasteiger partial charge in [-0.1, -0.05) is 13.3 Å². The maximum atomic E-state index is 4.74. The number of nitrogens with one attached hydrogen (secondary N) is 1. The van der Waals surface area contributed by atoms with E-state index < -0.39 is 0 Å². The Balaban J connectivity index is 2.75. The minimum Gasteiger partial charge on any atom is -0.397 e. The second-order valence-corrected chi connectivity index (χ2v) is 1.73. The molecule has 0 heterocycles. The molecule has 0 aliphatic heterocycles. The Labute approximate surface area is 56.1 Å². The fraction of sp³-hybridized carbons (Fsp3) is 0.833. The van der Waals surface area contributed by atoms with Gasteiger partial charge < -0.3 is 4.84 Å². The first-order valence-electron chi connectivity index (χ1n) is 3.21. The summed E-state index contributed by atoms with van der Waals surface area (Å²) in [5, 5.41) is 0. The molecule has 0 aromatic rings. The van der Waals surface area contributed by atoms with Crippen LogP contribution in [0.25, 0.3) is 0 Å². The minimum absolute atomic E-state index is 0.891. The Morgan fingerprint density at radius 2 is 2.44 bits per heavy atom. The molecule has 0 unspecified atom stereocenters. The Hall–Kier alpha value is -0.570. The first-order valence-corrected chi connectivity index (χ1v) is 3.21. The highest BCUT2D eigenvalue weighted by molar-refractivity contribution is 5.45. The van der Waals surface area contributed by atoms with E-state index in [2.05, 4.69) is 17.4 Å². The van der Waals surface area contributed by atoms with Gasteiger partial charge in [-0.3, -0.25) is 4.99 Å². The van der Waals surface area contributed by atoms with E-state index in [0.29, 0.717) is 0 Å². The summed E-state index contributed by atoms with van der Waals surface area (Å²) >= 11 is 0. The highest BCUT2D eigenvalue weighted by Gasteiger charge is 1.79. The SMILES string of the molecule is CCCCNOC=NC. The van der Waals surface area contributed by atoms with E-state index in [1.54, 1.807) is 7.05 Å². The van der Waals surface area contributed by atoms with E-state index in [1.807, 2.05) is 0 Å². The summed E-state index contributed by atoms with van der Waals surface area (Å²) in [6, 6.07) is 0. The lowest BCUT2D eigenvalue weighted by Crippen LogP contribution is -2.14. The van der Waals surface area contributed by atoms with Crippen molar-refractivity contribution >= 4 is 6.40 Å². The van der Waals surface area contributed by atoms with Crippen LogP contribution in [0.4, 0.5) is 0 Å². The molecule has 0 aromatic carbocycles. The van der Waals surface area contributed by atoms with E-state index in [4.69, 9.17) is 4.84 Å². The highest BCUT2D eigenvalue weighted by Crippen LogP contribution is 1.80. The monoisotopic (exact) mass is 130 g/mol. The normalized spacial score (nSPS) is 10.4. The molecule has 0 rings (SSSR count). The smallest absolute Gasteiger partial charge is 0.196 e. The number of nitrogens with zero attached hydrogens (tertiary/aromatic N) is 1. The molecule has 0 radical (unpaired) electrons. The molecule has 3 nitrogen and oxygen atoms in total. The standard InChI is InChI=1S/C6H14N2O/c1-3-4-5-8-9-6-7-2/h6,8H,3-5H2,1-2H3. The molecule has 0 fully saturated rings. The zero-order valence-electron chi connectivity index (χ0n) is 6.05. The quantitative estimate of drug-likeness (QED) is 0.260. The molecule has 0 aromatic heterocycles. The number of aliphatic imine (C=N–C) groups is 1. The van der Waals surface area contributed by atoms with E-state index in [-0.39, 0.29) is 0 Å². The fourth-order valence-electron chi connectivity index (χ4n) is 0.398. The summed E-state index contributed by atoms with van der Waals surface area (Å²) in [5.74, 6) is 0. The van der Waals surface area contributed by atoms with Crippen LogP contribution >= 0.6 is 0 Å². The van der Waals surface area contributed by atoms with Gasteiger partial charge in [0, 0.05) is 13.6 Å². The summed E-state index contributed by atoms with van der Waals surface area (Å²) in [5.41, 5.74) is 2.74. The van der Waals surface area contributed by atoms with Gasteiger partial charge in [0.05, 0.1) is 0 Å². The van der Waals surface area contributed by atoms with E-state index >= 15 is 0 Å². The van der Waals surface area contributed by atoms with Crippen LogP contribution in [-0.4, -0.2) is 20.0 Å². The third-order valence-electron chi connectivity index (χ3n) is 0.874. The van der Waals surface area contributed by atoms with Crippen LogP contribution in [0, 0.1) is 0 Å². The first-order chi connectivity index (χ1) is 4.41. The summed E-state index contributed by atoms with van der Waals surface area (Å²) in [7, 11) is 1.67. The lowest BCUT2D eigenvalue weighted by atomic mass is 10.3. The van der Waals surface area contributed by atoms with Gasteiger partial charge in [0.1, 0.15) is 0 Å². The number of hydrogen-bond donors (Lipinski definition) is 1. The summed E-state index contributed by atoms with van der Waals surface area (Å²) in [6.45, 7) is 3.03. The van der Waals surface area contributed by atoms with Crippen molar-refractivity contribution in [3.8, 4) is 0 Å². The molecule has 0 amide bonds. The Kier molecular flexibility index (Phi) is 6.96. The third-order valence-corrected chi connectivity index (χ3v) is 0.874. The number of unbranched alkanes of at least 4 members (excludes halogenated alkanes) is 1.